The summed E-state index contributed by atoms with van der Waals surface area (Å²) in [6.07, 6.45) is 4.55. The minimum absolute atomic E-state index is 0.00857. The SMILES string of the molecule is O=[N+]([O-])c1ccc(Cl)c(OCC2(CS)CCCC2)c1. The monoisotopic (exact) mass is 301 g/mol. The lowest BCUT2D eigenvalue weighted by molar-refractivity contribution is -0.384. The van der Waals surface area contributed by atoms with Gasteiger partial charge in [-0.1, -0.05) is 24.4 Å². The minimum Gasteiger partial charge on any atom is -0.491 e. The Kier molecular flexibility index (Phi) is 4.58. The van der Waals surface area contributed by atoms with Crippen LogP contribution < -0.4 is 4.74 Å². The van der Waals surface area contributed by atoms with Gasteiger partial charge in [0, 0.05) is 11.5 Å². The number of benzene rings is 1. The van der Waals surface area contributed by atoms with Crippen LogP contribution >= 0.6 is 24.2 Å². The van der Waals surface area contributed by atoms with Crippen LogP contribution in [0.3, 0.4) is 0 Å². The predicted octanol–water partition coefficient (Wildman–Crippen LogP) is 4.12. The van der Waals surface area contributed by atoms with E-state index in [-0.39, 0.29) is 11.1 Å². The maximum absolute atomic E-state index is 10.7. The Labute approximate surface area is 122 Å². The molecule has 0 saturated heterocycles. The highest BCUT2D eigenvalue weighted by Crippen LogP contribution is 2.40. The van der Waals surface area contributed by atoms with Crippen LogP contribution in [0, 0.1) is 15.5 Å². The van der Waals surface area contributed by atoms with Gasteiger partial charge in [0.15, 0.2) is 0 Å². The molecule has 2 rings (SSSR count). The summed E-state index contributed by atoms with van der Waals surface area (Å²) in [5.41, 5.74) is 0.0718. The zero-order chi connectivity index (χ0) is 13.9. The van der Waals surface area contributed by atoms with Gasteiger partial charge in [0.25, 0.3) is 5.69 Å². The number of nitrogens with zero attached hydrogens (tertiary/aromatic N) is 1. The van der Waals surface area contributed by atoms with E-state index in [4.69, 9.17) is 16.3 Å². The topological polar surface area (TPSA) is 52.4 Å². The number of nitro groups is 1. The van der Waals surface area contributed by atoms with Crippen molar-refractivity contribution in [1.82, 2.24) is 0 Å². The molecule has 6 heteroatoms. The second kappa shape index (κ2) is 6.01. The molecular weight excluding hydrogens is 286 g/mol. The molecule has 0 amide bonds. The van der Waals surface area contributed by atoms with Crippen LogP contribution in [0.5, 0.6) is 5.75 Å². The highest BCUT2D eigenvalue weighted by molar-refractivity contribution is 7.80. The standard InChI is InChI=1S/C13H16ClNO3S/c14-11-4-3-10(15(16)17)7-12(11)18-8-13(9-19)5-1-2-6-13/h3-4,7,19H,1-2,5-6,8-9H2. The molecule has 0 unspecified atom stereocenters. The van der Waals surface area contributed by atoms with Gasteiger partial charge in [-0.15, -0.1) is 0 Å². The Morgan fingerprint density at radius 2 is 2.11 bits per heavy atom. The Bertz CT molecular complexity index is 475. The first-order valence-corrected chi connectivity index (χ1v) is 7.25. The smallest absolute Gasteiger partial charge is 0.273 e. The second-order valence-electron chi connectivity index (χ2n) is 5.03. The van der Waals surface area contributed by atoms with Gasteiger partial charge in [-0.05, 0) is 24.7 Å². The minimum atomic E-state index is -0.451. The summed E-state index contributed by atoms with van der Waals surface area (Å²) in [5, 5.41) is 11.1. The molecule has 0 bridgehead atoms. The zero-order valence-corrected chi connectivity index (χ0v) is 12.1. The number of thiol groups is 1. The Morgan fingerprint density at radius 3 is 2.68 bits per heavy atom. The summed E-state index contributed by atoms with van der Waals surface area (Å²) in [5.74, 6) is 1.14. The Morgan fingerprint density at radius 1 is 1.42 bits per heavy atom. The van der Waals surface area contributed by atoms with E-state index in [9.17, 15) is 10.1 Å². The molecule has 104 valence electrons. The van der Waals surface area contributed by atoms with Crippen molar-refractivity contribution in [3.63, 3.8) is 0 Å². The van der Waals surface area contributed by atoms with Gasteiger partial charge in [-0.3, -0.25) is 10.1 Å². The van der Waals surface area contributed by atoms with Gasteiger partial charge < -0.3 is 4.74 Å². The number of non-ortho nitro benzene ring substituents is 1. The van der Waals surface area contributed by atoms with E-state index < -0.39 is 4.92 Å². The third kappa shape index (κ3) is 3.34. The molecule has 1 saturated carbocycles. The fourth-order valence-corrected chi connectivity index (χ4v) is 3.00. The summed E-state index contributed by atoms with van der Waals surface area (Å²) >= 11 is 10.4. The third-order valence-electron chi connectivity index (χ3n) is 3.66. The summed E-state index contributed by atoms with van der Waals surface area (Å²) in [6, 6.07) is 4.25. The first-order chi connectivity index (χ1) is 9.06. The van der Waals surface area contributed by atoms with Crippen molar-refractivity contribution in [1.29, 1.82) is 0 Å². The molecule has 1 aliphatic rings. The van der Waals surface area contributed by atoms with E-state index in [1.54, 1.807) is 0 Å². The molecule has 0 N–H and O–H groups in total. The van der Waals surface area contributed by atoms with Crippen LogP contribution in [0.2, 0.25) is 5.02 Å². The fourth-order valence-electron chi connectivity index (χ4n) is 2.42. The van der Waals surface area contributed by atoms with Crippen LogP contribution in [-0.4, -0.2) is 17.3 Å². The van der Waals surface area contributed by atoms with E-state index in [0.29, 0.717) is 17.4 Å². The van der Waals surface area contributed by atoms with Gasteiger partial charge in [0.1, 0.15) is 5.75 Å². The number of rotatable bonds is 5. The van der Waals surface area contributed by atoms with Crippen molar-refractivity contribution in [2.45, 2.75) is 25.7 Å². The van der Waals surface area contributed by atoms with Gasteiger partial charge >= 0.3 is 0 Å². The first-order valence-electron chi connectivity index (χ1n) is 6.24. The summed E-state index contributed by atoms with van der Waals surface area (Å²) in [4.78, 5) is 10.3. The fraction of sp³-hybridized carbons (Fsp3) is 0.538. The molecule has 1 aromatic rings. The highest BCUT2D eigenvalue weighted by Gasteiger charge is 2.33. The average molecular weight is 302 g/mol. The lowest BCUT2D eigenvalue weighted by atomic mass is 9.90. The second-order valence-corrected chi connectivity index (χ2v) is 5.75. The van der Waals surface area contributed by atoms with Crippen LogP contribution in [0.25, 0.3) is 0 Å². The molecule has 0 radical (unpaired) electrons. The third-order valence-corrected chi connectivity index (χ3v) is 4.64. The molecule has 1 fully saturated rings. The van der Waals surface area contributed by atoms with Crippen LogP contribution in [0.4, 0.5) is 5.69 Å². The number of halogens is 1. The number of nitro benzene ring substituents is 1. The van der Waals surface area contributed by atoms with E-state index in [2.05, 4.69) is 12.6 Å². The average Bonchev–Trinajstić information content (AvgIpc) is 2.87. The molecule has 0 atom stereocenters. The molecular formula is C13H16ClNO3S. The maximum Gasteiger partial charge on any atom is 0.273 e. The van der Waals surface area contributed by atoms with Gasteiger partial charge in [0.05, 0.1) is 22.6 Å². The Hall–Kier alpha value is -0.940. The number of ether oxygens (including phenoxy) is 1. The Balaban J connectivity index is 2.10. The largest absolute Gasteiger partial charge is 0.491 e. The van der Waals surface area contributed by atoms with Gasteiger partial charge in [-0.25, -0.2) is 0 Å². The number of hydrogen-bond acceptors (Lipinski definition) is 4. The molecule has 0 spiro atoms. The van der Waals surface area contributed by atoms with Crippen molar-refractivity contribution >= 4 is 29.9 Å². The quantitative estimate of drug-likeness (QED) is 0.506. The summed E-state index contributed by atoms with van der Waals surface area (Å²) in [7, 11) is 0. The van der Waals surface area contributed by atoms with Crippen molar-refractivity contribution in [2.24, 2.45) is 5.41 Å². The van der Waals surface area contributed by atoms with E-state index in [1.807, 2.05) is 0 Å². The maximum atomic E-state index is 10.7. The molecule has 19 heavy (non-hydrogen) atoms. The molecule has 0 aromatic heterocycles. The molecule has 4 nitrogen and oxygen atoms in total. The highest BCUT2D eigenvalue weighted by atomic mass is 35.5. The van der Waals surface area contributed by atoms with Crippen LogP contribution in [0.15, 0.2) is 18.2 Å². The van der Waals surface area contributed by atoms with E-state index in [1.165, 1.54) is 31.0 Å². The first kappa shape index (κ1) is 14.5. The number of hydrogen-bond donors (Lipinski definition) is 1. The molecule has 0 aliphatic heterocycles. The van der Waals surface area contributed by atoms with E-state index >= 15 is 0 Å². The van der Waals surface area contributed by atoms with Gasteiger partial charge in [0.2, 0.25) is 0 Å². The van der Waals surface area contributed by atoms with Crippen molar-refractivity contribution < 1.29 is 9.66 Å². The van der Waals surface area contributed by atoms with E-state index in [0.717, 1.165) is 18.6 Å². The van der Waals surface area contributed by atoms with Crippen LogP contribution in [-0.2, 0) is 0 Å². The summed E-state index contributed by atoms with van der Waals surface area (Å²) < 4.78 is 5.72. The molecule has 1 aliphatic carbocycles. The normalized spacial score (nSPS) is 17.4. The van der Waals surface area contributed by atoms with Crippen molar-refractivity contribution in [3.8, 4) is 5.75 Å². The molecule has 0 heterocycles. The summed E-state index contributed by atoms with van der Waals surface area (Å²) in [6.45, 7) is 0.511. The lowest BCUT2D eigenvalue weighted by Gasteiger charge is -2.26. The zero-order valence-electron chi connectivity index (χ0n) is 10.5. The van der Waals surface area contributed by atoms with Crippen molar-refractivity contribution in [2.75, 3.05) is 12.4 Å². The van der Waals surface area contributed by atoms with Crippen molar-refractivity contribution in [3.05, 3.63) is 33.3 Å². The lowest BCUT2D eigenvalue weighted by Crippen LogP contribution is -2.27. The van der Waals surface area contributed by atoms with Crippen LogP contribution in [0.1, 0.15) is 25.7 Å². The predicted molar refractivity (Wildman–Crippen MR) is 78.4 cm³/mol. The molecule has 1 aromatic carbocycles. The van der Waals surface area contributed by atoms with Gasteiger partial charge in [-0.2, -0.15) is 12.6 Å².